The van der Waals surface area contributed by atoms with E-state index in [-0.39, 0.29) is 32.0 Å². The summed E-state index contributed by atoms with van der Waals surface area (Å²) in [6, 6.07) is 0. The van der Waals surface area contributed by atoms with Crippen LogP contribution in [0, 0.1) is 0 Å². The number of phosphoric ester groups is 1. The lowest BCUT2D eigenvalue weighted by Crippen LogP contribution is -2.37. The number of quaternary nitrogens is 1. The van der Waals surface area contributed by atoms with Crippen LogP contribution >= 0.6 is 7.82 Å². The molecule has 0 aliphatic carbocycles. The number of carbonyl (C=O) groups excluding carboxylic acids is 2. The van der Waals surface area contributed by atoms with Crippen molar-refractivity contribution in [2.45, 2.75) is 136 Å². The van der Waals surface area contributed by atoms with Gasteiger partial charge in [0.05, 0.1) is 27.7 Å². The number of hydrogen-bond donors (Lipinski definition) is 0. The molecule has 0 fully saturated rings. The molecule has 0 aromatic heterocycles. The van der Waals surface area contributed by atoms with Gasteiger partial charge in [0.15, 0.2) is 6.10 Å². The summed E-state index contributed by atoms with van der Waals surface area (Å²) in [5.41, 5.74) is 0. The number of ether oxygens (including phenoxy) is 2. The van der Waals surface area contributed by atoms with Crippen molar-refractivity contribution in [3.8, 4) is 0 Å². The fourth-order valence-corrected chi connectivity index (χ4v) is 4.79. The van der Waals surface area contributed by atoms with E-state index in [1.54, 1.807) is 0 Å². The highest BCUT2D eigenvalue weighted by atomic mass is 31.2. The molecule has 0 saturated carbocycles. The first-order valence-electron chi connectivity index (χ1n) is 15.7. The van der Waals surface area contributed by atoms with Gasteiger partial charge in [-0.2, -0.15) is 0 Å². The average Bonchev–Trinajstić information content (AvgIpc) is 2.88. The van der Waals surface area contributed by atoms with E-state index in [9.17, 15) is 19.0 Å². The molecule has 0 spiro atoms. The molecule has 0 aliphatic heterocycles. The topological polar surface area (TPSA) is 111 Å². The zero-order chi connectivity index (χ0) is 30.1. The number of carbonyl (C=O) groups is 2. The van der Waals surface area contributed by atoms with Crippen LogP contribution in [0.3, 0.4) is 0 Å². The van der Waals surface area contributed by atoms with Crippen LogP contribution in [-0.2, 0) is 32.7 Å². The molecule has 10 heteroatoms. The van der Waals surface area contributed by atoms with Gasteiger partial charge >= 0.3 is 11.9 Å². The summed E-state index contributed by atoms with van der Waals surface area (Å²) < 4.78 is 33.4. The second-order valence-electron chi connectivity index (χ2n) is 11.8. The maximum atomic E-state index is 12.4. The maximum absolute atomic E-state index is 12.4. The zero-order valence-electron chi connectivity index (χ0n) is 26.3. The van der Waals surface area contributed by atoms with Crippen LogP contribution in [0.25, 0.3) is 0 Å². The summed E-state index contributed by atoms with van der Waals surface area (Å²) >= 11 is 0. The number of esters is 2. The molecule has 0 heterocycles. The van der Waals surface area contributed by atoms with Gasteiger partial charge in [-0.3, -0.25) is 14.2 Å². The summed E-state index contributed by atoms with van der Waals surface area (Å²) in [7, 11) is 1.17. The van der Waals surface area contributed by atoms with Gasteiger partial charge in [0.2, 0.25) is 0 Å². The van der Waals surface area contributed by atoms with Crippen molar-refractivity contribution in [1.29, 1.82) is 0 Å². The Labute approximate surface area is 244 Å². The molecule has 0 rings (SSSR count). The Morgan fingerprint density at radius 1 is 0.675 bits per heavy atom. The monoisotopic (exact) mass is 593 g/mol. The van der Waals surface area contributed by atoms with Crippen LogP contribution in [-0.4, -0.2) is 70.0 Å². The van der Waals surface area contributed by atoms with Crippen molar-refractivity contribution in [2.24, 2.45) is 0 Å². The van der Waals surface area contributed by atoms with Gasteiger partial charge in [-0.15, -0.1) is 0 Å². The quantitative estimate of drug-likeness (QED) is 0.0426. The number of nitrogens with zero attached hydrogens (tertiary/aromatic N) is 1. The van der Waals surface area contributed by atoms with E-state index in [0.29, 0.717) is 17.4 Å². The highest BCUT2D eigenvalue weighted by molar-refractivity contribution is 7.45. The van der Waals surface area contributed by atoms with Gasteiger partial charge in [0, 0.05) is 12.8 Å². The first-order chi connectivity index (χ1) is 19.0. The summed E-state index contributed by atoms with van der Waals surface area (Å²) in [6.07, 6.45) is 17.3. The van der Waals surface area contributed by atoms with E-state index in [2.05, 4.69) is 13.8 Å². The fourth-order valence-electron chi connectivity index (χ4n) is 4.06. The molecule has 0 aromatic carbocycles. The Morgan fingerprint density at radius 2 is 1.12 bits per heavy atom. The average molecular weight is 594 g/mol. The molecular weight excluding hydrogens is 533 g/mol. The molecule has 0 radical (unpaired) electrons. The van der Waals surface area contributed by atoms with Gasteiger partial charge in [0.25, 0.3) is 7.82 Å². The fraction of sp³-hybridized carbons (Fsp3) is 0.933. The number of hydrogen-bond acceptors (Lipinski definition) is 8. The molecule has 238 valence electrons. The third kappa shape index (κ3) is 27.2. The molecule has 0 saturated heterocycles. The Morgan fingerprint density at radius 3 is 1.60 bits per heavy atom. The van der Waals surface area contributed by atoms with Gasteiger partial charge in [-0.1, -0.05) is 104 Å². The first-order valence-corrected chi connectivity index (χ1v) is 17.2. The smallest absolute Gasteiger partial charge is 0.306 e. The predicted octanol–water partition coefficient (Wildman–Crippen LogP) is 6.71. The lowest BCUT2D eigenvalue weighted by Gasteiger charge is -2.28. The minimum atomic E-state index is -4.59. The van der Waals surface area contributed by atoms with E-state index >= 15 is 0 Å². The van der Waals surface area contributed by atoms with Crippen molar-refractivity contribution >= 4 is 19.8 Å². The number of unbranched alkanes of at least 4 members (excludes halogenated alkanes) is 14. The van der Waals surface area contributed by atoms with E-state index in [1.165, 1.54) is 57.8 Å². The maximum Gasteiger partial charge on any atom is 0.306 e. The standard InChI is InChI=1S/C30H60NO8P/c1-6-8-10-12-14-16-18-20-22-29(32)36-26-28(27-38-40(34,35)37-25-24-31(3,4)5)39-30(33)23-21-19-17-15-13-11-9-7-2/h28H,6-27H2,1-5H3. The summed E-state index contributed by atoms with van der Waals surface area (Å²) in [5, 5.41) is 0. The highest BCUT2D eigenvalue weighted by Gasteiger charge is 2.21. The van der Waals surface area contributed by atoms with Gasteiger partial charge < -0.3 is 27.9 Å². The van der Waals surface area contributed by atoms with Gasteiger partial charge in [-0.25, -0.2) is 0 Å². The van der Waals surface area contributed by atoms with Crippen LogP contribution < -0.4 is 4.89 Å². The Kier molecular flexibility index (Phi) is 24.0. The van der Waals surface area contributed by atoms with Crippen LogP contribution in [0.5, 0.6) is 0 Å². The van der Waals surface area contributed by atoms with E-state index < -0.39 is 26.5 Å². The Bertz CT molecular complexity index is 683. The lowest BCUT2D eigenvalue weighted by atomic mass is 10.1. The minimum absolute atomic E-state index is 0.0270. The normalized spacial score (nSPS) is 14.1. The molecule has 9 nitrogen and oxygen atoms in total. The predicted molar refractivity (Wildman–Crippen MR) is 158 cm³/mol. The largest absolute Gasteiger partial charge is 0.756 e. The van der Waals surface area contributed by atoms with Gasteiger partial charge in [0.1, 0.15) is 19.8 Å². The third-order valence-corrected chi connectivity index (χ3v) is 7.59. The number of likely N-dealkylation sites (N-methyl/N-ethyl adjacent to an activating group) is 1. The van der Waals surface area contributed by atoms with E-state index in [4.69, 9.17) is 18.5 Å². The molecule has 0 aliphatic rings. The van der Waals surface area contributed by atoms with Crippen molar-refractivity contribution in [3.05, 3.63) is 0 Å². The van der Waals surface area contributed by atoms with Crippen molar-refractivity contribution in [2.75, 3.05) is 47.5 Å². The van der Waals surface area contributed by atoms with Crippen LogP contribution in [0.15, 0.2) is 0 Å². The molecule has 40 heavy (non-hydrogen) atoms. The van der Waals surface area contributed by atoms with Crippen LogP contribution in [0.1, 0.15) is 129 Å². The van der Waals surface area contributed by atoms with E-state index in [1.807, 2.05) is 21.1 Å². The summed E-state index contributed by atoms with van der Waals surface area (Å²) in [6.45, 7) is 4.12. The van der Waals surface area contributed by atoms with Crippen molar-refractivity contribution in [1.82, 2.24) is 0 Å². The minimum Gasteiger partial charge on any atom is -0.756 e. The number of rotatable bonds is 28. The summed E-state index contributed by atoms with van der Waals surface area (Å²) in [5.74, 6) is -0.843. The molecule has 0 N–H and O–H groups in total. The zero-order valence-corrected chi connectivity index (χ0v) is 27.2. The third-order valence-electron chi connectivity index (χ3n) is 6.63. The Balaban J connectivity index is 4.54. The molecule has 0 aromatic rings. The van der Waals surface area contributed by atoms with Gasteiger partial charge in [-0.05, 0) is 12.8 Å². The molecular formula is C30H60NO8P. The molecule has 2 unspecified atom stereocenters. The SMILES string of the molecule is CCCCCCCCCCC(=O)OCC(COP(=O)([O-])OCC[N+](C)(C)C)OC(=O)CCCCCCCCCC. The second-order valence-corrected chi connectivity index (χ2v) is 13.2. The van der Waals surface area contributed by atoms with Crippen LogP contribution in [0.2, 0.25) is 0 Å². The molecule has 0 amide bonds. The number of phosphoric acid groups is 1. The highest BCUT2D eigenvalue weighted by Crippen LogP contribution is 2.38. The Hall–Kier alpha value is -0.990. The second kappa shape index (κ2) is 24.6. The van der Waals surface area contributed by atoms with Crippen LogP contribution in [0.4, 0.5) is 0 Å². The summed E-state index contributed by atoms with van der Waals surface area (Å²) in [4.78, 5) is 36.9. The lowest BCUT2D eigenvalue weighted by molar-refractivity contribution is -0.870. The molecule has 0 bridgehead atoms. The van der Waals surface area contributed by atoms with Crippen molar-refractivity contribution in [3.63, 3.8) is 0 Å². The first kappa shape index (κ1) is 39.0. The molecule has 2 atom stereocenters. The van der Waals surface area contributed by atoms with E-state index in [0.717, 1.165) is 38.5 Å². The van der Waals surface area contributed by atoms with Crippen molar-refractivity contribution < 1.29 is 42.1 Å².